The molecule has 1 aliphatic heterocycles. The Morgan fingerprint density at radius 2 is 2.15 bits per heavy atom. The van der Waals surface area contributed by atoms with Crippen LogP contribution in [0, 0.1) is 0 Å². The summed E-state index contributed by atoms with van der Waals surface area (Å²) < 4.78 is 0. The SMILES string of the molecule is CCCN(CCO)C(=O)c1sc(N2CCCC2)nc1N. The molecule has 3 N–H and O–H groups in total. The summed E-state index contributed by atoms with van der Waals surface area (Å²) >= 11 is 1.36. The minimum Gasteiger partial charge on any atom is -0.395 e. The zero-order valence-corrected chi connectivity index (χ0v) is 12.7. The molecule has 0 spiro atoms. The molecule has 1 amide bonds. The predicted molar refractivity (Wildman–Crippen MR) is 81.3 cm³/mol. The molecule has 2 rings (SSSR count). The molecule has 1 aromatic rings. The van der Waals surface area contributed by atoms with Crippen molar-refractivity contribution in [2.24, 2.45) is 0 Å². The number of aromatic nitrogens is 1. The molecule has 0 saturated carbocycles. The summed E-state index contributed by atoms with van der Waals surface area (Å²) in [6, 6.07) is 0. The van der Waals surface area contributed by atoms with Gasteiger partial charge in [-0.2, -0.15) is 0 Å². The van der Waals surface area contributed by atoms with Gasteiger partial charge in [0.05, 0.1) is 6.61 Å². The van der Waals surface area contributed by atoms with Crippen LogP contribution in [0.1, 0.15) is 35.9 Å². The summed E-state index contributed by atoms with van der Waals surface area (Å²) in [5.74, 6) is 0.183. The van der Waals surface area contributed by atoms with E-state index in [1.54, 1.807) is 4.90 Å². The molecule has 20 heavy (non-hydrogen) atoms. The number of rotatable bonds is 6. The second-order valence-corrected chi connectivity index (χ2v) is 5.90. The normalized spacial score (nSPS) is 14.8. The van der Waals surface area contributed by atoms with Crippen LogP contribution in [0.2, 0.25) is 0 Å². The van der Waals surface area contributed by atoms with Crippen molar-refractivity contribution in [2.75, 3.05) is 43.4 Å². The van der Waals surface area contributed by atoms with Crippen molar-refractivity contribution in [3.05, 3.63) is 4.88 Å². The van der Waals surface area contributed by atoms with Gasteiger partial charge < -0.3 is 20.6 Å². The maximum absolute atomic E-state index is 12.5. The molecule has 0 aromatic carbocycles. The summed E-state index contributed by atoms with van der Waals surface area (Å²) in [5.41, 5.74) is 5.90. The van der Waals surface area contributed by atoms with Gasteiger partial charge in [0.15, 0.2) is 5.13 Å². The van der Waals surface area contributed by atoms with Crippen LogP contribution in [-0.4, -0.2) is 53.7 Å². The Bertz CT molecular complexity index is 451. The number of aliphatic hydroxyl groups is 1. The maximum Gasteiger partial charge on any atom is 0.267 e. The number of carbonyl (C=O) groups excluding carboxylic acids is 1. The molecule has 1 aromatic heterocycles. The third kappa shape index (κ3) is 3.21. The zero-order chi connectivity index (χ0) is 14.5. The lowest BCUT2D eigenvalue weighted by molar-refractivity contribution is 0.0727. The average molecular weight is 298 g/mol. The number of amides is 1. The summed E-state index contributed by atoms with van der Waals surface area (Å²) in [7, 11) is 0. The van der Waals surface area contributed by atoms with Gasteiger partial charge in [-0.3, -0.25) is 4.79 Å². The third-order valence-corrected chi connectivity index (χ3v) is 4.48. The topological polar surface area (TPSA) is 82.7 Å². The smallest absolute Gasteiger partial charge is 0.267 e. The number of nitrogen functional groups attached to an aromatic ring is 1. The molecule has 1 fully saturated rings. The van der Waals surface area contributed by atoms with Crippen molar-refractivity contribution in [3.8, 4) is 0 Å². The van der Waals surface area contributed by atoms with Crippen molar-refractivity contribution in [2.45, 2.75) is 26.2 Å². The van der Waals surface area contributed by atoms with Gasteiger partial charge in [-0.15, -0.1) is 0 Å². The van der Waals surface area contributed by atoms with Crippen LogP contribution in [0.15, 0.2) is 0 Å². The van der Waals surface area contributed by atoms with Crippen LogP contribution in [0.3, 0.4) is 0 Å². The number of aliphatic hydroxyl groups excluding tert-OH is 1. The van der Waals surface area contributed by atoms with E-state index < -0.39 is 0 Å². The molecular weight excluding hydrogens is 276 g/mol. The van der Waals surface area contributed by atoms with Crippen LogP contribution in [0.5, 0.6) is 0 Å². The fourth-order valence-corrected chi connectivity index (χ4v) is 3.37. The Morgan fingerprint density at radius 1 is 1.45 bits per heavy atom. The molecular formula is C13H22N4O2S. The molecule has 112 valence electrons. The number of hydrogen-bond acceptors (Lipinski definition) is 6. The van der Waals surface area contributed by atoms with Crippen molar-refractivity contribution in [3.63, 3.8) is 0 Å². The van der Waals surface area contributed by atoms with E-state index in [2.05, 4.69) is 9.88 Å². The van der Waals surface area contributed by atoms with E-state index >= 15 is 0 Å². The first-order chi connectivity index (χ1) is 9.67. The molecule has 1 aliphatic rings. The van der Waals surface area contributed by atoms with Gasteiger partial charge in [-0.05, 0) is 19.3 Å². The van der Waals surface area contributed by atoms with Gasteiger partial charge >= 0.3 is 0 Å². The molecule has 6 nitrogen and oxygen atoms in total. The van der Waals surface area contributed by atoms with Gasteiger partial charge in [0, 0.05) is 26.2 Å². The van der Waals surface area contributed by atoms with E-state index in [0.717, 1.165) is 37.5 Å². The average Bonchev–Trinajstić information content (AvgIpc) is 3.06. The third-order valence-electron chi connectivity index (χ3n) is 3.36. The van der Waals surface area contributed by atoms with Crippen molar-refractivity contribution < 1.29 is 9.90 Å². The van der Waals surface area contributed by atoms with E-state index in [1.807, 2.05) is 6.92 Å². The minimum absolute atomic E-state index is 0.0383. The summed E-state index contributed by atoms with van der Waals surface area (Å²) in [4.78, 5) is 21.1. The maximum atomic E-state index is 12.5. The number of nitrogens with two attached hydrogens (primary N) is 1. The quantitative estimate of drug-likeness (QED) is 0.824. The van der Waals surface area contributed by atoms with E-state index in [0.29, 0.717) is 23.8 Å². The van der Waals surface area contributed by atoms with Crippen molar-refractivity contribution >= 4 is 28.2 Å². The molecule has 0 bridgehead atoms. The largest absolute Gasteiger partial charge is 0.395 e. The summed E-state index contributed by atoms with van der Waals surface area (Å²) in [6.45, 7) is 4.89. The first-order valence-corrected chi connectivity index (χ1v) is 7.90. The Morgan fingerprint density at radius 3 is 2.75 bits per heavy atom. The fourth-order valence-electron chi connectivity index (χ4n) is 2.37. The van der Waals surface area contributed by atoms with Gasteiger partial charge in [-0.25, -0.2) is 4.98 Å². The van der Waals surface area contributed by atoms with Gasteiger partial charge in [-0.1, -0.05) is 18.3 Å². The highest BCUT2D eigenvalue weighted by Crippen LogP contribution is 2.31. The molecule has 1 saturated heterocycles. The zero-order valence-electron chi connectivity index (χ0n) is 11.8. The van der Waals surface area contributed by atoms with Crippen LogP contribution < -0.4 is 10.6 Å². The van der Waals surface area contributed by atoms with E-state index in [1.165, 1.54) is 11.3 Å². The molecule has 0 unspecified atom stereocenters. The second-order valence-electron chi connectivity index (χ2n) is 4.92. The highest BCUT2D eigenvalue weighted by molar-refractivity contribution is 7.18. The fraction of sp³-hybridized carbons (Fsp3) is 0.692. The van der Waals surface area contributed by atoms with E-state index in [-0.39, 0.29) is 12.5 Å². The number of anilines is 2. The molecule has 7 heteroatoms. The van der Waals surface area contributed by atoms with Crippen molar-refractivity contribution in [1.29, 1.82) is 0 Å². The Kier molecular flexibility index (Phi) is 5.19. The van der Waals surface area contributed by atoms with Gasteiger partial charge in [0.25, 0.3) is 5.91 Å². The van der Waals surface area contributed by atoms with Gasteiger partial charge in [0.2, 0.25) is 0 Å². The molecule has 0 aliphatic carbocycles. The number of hydrogen-bond donors (Lipinski definition) is 2. The number of thiazole rings is 1. The molecule has 0 atom stereocenters. The predicted octanol–water partition coefficient (Wildman–Crippen LogP) is 1.17. The van der Waals surface area contributed by atoms with Crippen LogP contribution in [0.4, 0.5) is 10.9 Å². The summed E-state index contributed by atoms with van der Waals surface area (Å²) in [5, 5.41) is 9.90. The summed E-state index contributed by atoms with van der Waals surface area (Å²) in [6.07, 6.45) is 3.17. The second kappa shape index (κ2) is 6.90. The van der Waals surface area contributed by atoms with E-state index in [4.69, 9.17) is 10.8 Å². The minimum atomic E-state index is -0.124. The Hall–Kier alpha value is -1.34. The Balaban J connectivity index is 2.15. The first kappa shape index (κ1) is 15.1. The number of carbonyl (C=O) groups is 1. The lowest BCUT2D eigenvalue weighted by Crippen LogP contribution is -2.34. The number of nitrogens with zero attached hydrogens (tertiary/aromatic N) is 3. The highest BCUT2D eigenvalue weighted by atomic mass is 32.1. The van der Waals surface area contributed by atoms with E-state index in [9.17, 15) is 4.79 Å². The first-order valence-electron chi connectivity index (χ1n) is 7.08. The van der Waals surface area contributed by atoms with Crippen LogP contribution in [-0.2, 0) is 0 Å². The highest BCUT2D eigenvalue weighted by Gasteiger charge is 2.24. The van der Waals surface area contributed by atoms with Crippen LogP contribution >= 0.6 is 11.3 Å². The standard InChI is InChI=1S/C13H22N4O2S/c1-2-5-16(8-9-18)12(19)10-11(14)15-13(20-10)17-6-3-4-7-17/h18H,2-9,14H2,1H3. The Labute approximate surface area is 123 Å². The van der Waals surface area contributed by atoms with Crippen molar-refractivity contribution in [1.82, 2.24) is 9.88 Å². The molecule has 2 heterocycles. The van der Waals surface area contributed by atoms with Crippen LogP contribution in [0.25, 0.3) is 0 Å². The monoisotopic (exact) mass is 298 g/mol. The lowest BCUT2D eigenvalue weighted by Gasteiger charge is -2.20. The lowest BCUT2D eigenvalue weighted by atomic mass is 10.3. The molecule has 0 radical (unpaired) electrons. The van der Waals surface area contributed by atoms with Gasteiger partial charge in [0.1, 0.15) is 10.7 Å².